The molecule has 0 radical (unpaired) electrons. The van der Waals surface area contributed by atoms with Gasteiger partial charge in [0, 0.05) is 19.6 Å². The fourth-order valence-electron chi connectivity index (χ4n) is 3.52. The van der Waals surface area contributed by atoms with Crippen molar-refractivity contribution in [3.05, 3.63) is 11.6 Å². The zero-order valence-electron chi connectivity index (χ0n) is 15.6. The Balaban J connectivity index is 0.00000288. The van der Waals surface area contributed by atoms with Crippen molar-refractivity contribution in [1.29, 1.82) is 0 Å². The SMILES string of the molecule is CCNC(=NCCC1CCN(C)CC1)NCCC1=CCCCC1.I. The molecule has 140 valence electrons. The first kappa shape index (κ1) is 21.7. The highest BCUT2D eigenvalue weighted by Crippen LogP contribution is 2.20. The van der Waals surface area contributed by atoms with Crippen LogP contribution in [0.4, 0.5) is 0 Å². The van der Waals surface area contributed by atoms with E-state index in [0.717, 1.165) is 31.5 Å². The summed E-state index contributed by atoms with van der Waals surface area (Å²) in [6.45, 7) is 7.53. The molecule has 0 aromatic carbocycles. The van der Waals surface area contributed by atoms with Gasteiger partial charge in [0.1, 0.15) is 0 Å². The maximum atomic E-state index is 4.77. The summed E-state index contributed by atoms with van der Waals surface area (Å²) in [5, 5.41) is 6.88. The van der Waals surface area contributed by atoms with Gasteiger partial charge in [0.15, 0.2) is 5.96 Å². The van der Waals surface area contributed by atoms with Gasteiger partial charge in [-0.25, -0.2) is 0 Å². The van der Waals surface area contributed by atoms with E-state index >= 15 is 0 Å². The van der Waals surface area contributed by atoms with Crippen LogP contribution in [0.2, 0.25) is 0 Å². The van der Waals surface area contributed by atoms with Crippen molar-refractivity contribution in [2.45, 2.75) is 58.3 Å². The van der Waals surface area contributed by atoms with Crippen LogP contribution in [0.25, 0.3) is 0 Å². The molecule has 2 aliphatic rings. The van der Waals surface area contributed by atoms with Gasteiger partial charge in [0.25, 0.3) is 0 Å². The molecule has 0 atom stereocenters. The van der Waals surface area contributed by atoms with Crippen LogP contribution in [0.3, 0.4) is 0 Å². The van der Waals surface area contributed by atoms with Crippen LogP contribution in [0.5, 0.6) is 0 Å². The molecule has 0 aromatic heterocycles. The standard InChI is InChI=1S/C19H36N4.HI/c1-3-20-19(21-13-9-17-7-5-4-6-8-17)22-14-10-18-11-15-23(2)16-12-18;/h7,18H,3-6,8-16H2,1-2H3,(H2,20,21,22);1H. The van der Waals surface area contributed by atoms with Gasteiger partial charge in [-0.15, -0.1) is 24.0 Å². The molecule has 1 aliphatic carbocycles. The average molecular weight is 448 g/mol. The lowest BCUT2D eigenvalue weighted by molar-refractivity contribution is 0.214. The minimum absolute atomic E-state index is 0. The Kier molecular flexibility index (Phi) is 11.8. The highest BCUT2D eigenvalue weighted by molar-refractivity contribution is 14.0. The Bertz CT molecular complexity index is 387. The van der Waals surface area contributed by atoms with Crippen molar-refractivity contribution in [1.82, 2.24) is 15.5 Å². The average Bonchev–Trinajstić information content (AvgIpc) is 2.58. The Morgan fingerprint density at radius 3 is 2.71 bits per heavy atom. The Hall–Kier alpha value is -0.300. The Morgan fingerprint density at radius 1 is 1.25 bits per heavy atom. The molecule has 0 amide bonds. The van der Waals surface area contributed by atoms with Crippen molar-refractivity contribution < 1.29 is 0 Å². The summed E-state index contributed by atoms with van der Waals surface area (Å²) in [5.74, 6) is 1.86. The third kappa shape index (κ3) is 8.70. The number of nitrogens with one attached hydrogen (secondary N) is 2. The van der Waals surface area contributed by atoms with Crippen molar-refractivity contribution in [3.8, 4) is 0 Å². The third-order valence-corrected chi connectivity index (χ3v) is 5.11. The first-order valence-corrected chi connectivity index (χ1v) is 9.66. The number of hydrogen-bond acceptors (Lipinski definition) is 2. The molecule has 1 saturated heterocycles. The molecule has 1 fully saturated rings. The summed E-state index contributed by atoms with van der Waals surface area (Å²) < 4.78 is 0. The summed E-state index contributed by atoms with van der Waals surface area (Å²) in [5.41, 5.74) is 1.63. The van der Waals surface area contributed by atoms with Crippen LogP contribution >= 0.6 is 24.0 Å². The first-order chi connectivity index (χ1) is 11.3. The lowest BCUT2D eigenvalue weighted by Gasteiger charge is -2.28. The molecule has 0 spiro atoms. The second kappa shape index (κ2) is 13.0. The molecule has 5 heteroatoms. The number of rotatable bonds is 7. The number of hydrogen-bond donors (Lipinski definition) is 2. The van der Waals surface area contributed by atoms with Gasteiger partial charge >= 0.3 is 0 Å². The normalized spacial score (nSPS) is 20.2. The Labute approximate surface area is 166 Å². The monoisotopic (exact) mass is 448 g/mol. The van der Waals surface area contributed by atoms with Crippen LogP contribution in [0, 0.1) is 5.92 Å². The number of nitrogens with zero attached hydrogens (tertiary/aromatic N) is 2. The van der Waals surface area contributed by atoms with Crippen LogP contribution in [-0.4, -0.2) is 50.6 Å². The highest BCUT2D eigenvalue weighted by Gasteiger charge is 2.15. The molecule has 0 bridgehead atoms. The van der Waals surface area contributed by atoms with Gasteiger partial charge in [-0.3, -0.25) is 4.99 Å². The minimum Gasteiger partial charge on any atom is -0.357 e. The number of likely N-dealkylation sites (tertiary alicyclic amines) is 1. The molecule has 1 aliphatic heterocycles. The van der Waals surface area contributed by atoms with Gasteiger partial charge in [-0.05, 0) is 84.3 Å². The van der Waals surface area contributed by atoms with Crippen LogP contribution in [0.15, 0.2) is 16.6 Å². The van der Waals surface area contributed by atoms with Crippen molar-refractivity contribution in [2.75, 3.05) is 39.8 Å². The molecule has 0 unspecified atom stereocenters. The van der Waals surface area contributed by atoms with E-state index in [9.17, 15) is 0 Å². The van der Waals surface area contributed by atoms with E-state index in [1.807, 2.05) is 0 Å². The lowest BCUT2D eigenvalue weighted by Crippen LogP contribution is -2.38. The number of allylic oxidation sites excluding steroid dienone is 1. The summed E-state index contributed by atoms with van der Waals surface area (Å²) in [6, 6.07) is 0. The zero-order valence-corrected chi connectivity index (χ0v) is 18.0. The summed E-state index contributed by atoms with van der Waals surface area (Å²) in [6.07, 6.45) is 12.8. The predicted octanol–water partition coefficient (Wildman–Crippen LogP) is 3.78. The van der Waals surface area contributed by atoms with Gasteiger partial charge in [-0.1, -0.05) is 11.6 Å². The van der Waals surface area contributed by atoms with E-state index in [0.29, 0.717) is 0 Å². The van der Waals surface area contributed by atoms with E-state index in [1.54, 1.807) is 5.57 Å². The van der Waals surface area contributed by atoms with Crippen molar-refractivity contribution in [2.24, 2.45) is 10.9 Å². The molecular formula is C19H37IN4. The van der Waals surface area contributed by atoms with Crippen LogP contribution in [-0.2, 0) is 0 Å². The summed E-state index contributed by atoms with van der Waals surface area (Å²) >= 11 is 0. The largest absolute Gasteiger partial charge is 0.357 e. The van der Waals surface area contributed by atoms with Gasteiger partial charge < -0.3 is 15.5 Å². The fourth-order valence-corrected chi connectivity index (χ4v) is 3.52. The second-order valence-electron chi connectivity index (χ2n) is 7.08. The lowest BCUT2D eigenvalue weighted by atomic mass is 9.94. The van der Waals surface area contributed by atoms with E-state index in [2.05, 4.69) is 35.6 Å². The molecule has 0 saturated carbocycles. The maximum absolute atomic E-state index is 4.77. The van der Waals surface area contributed by atoms with E-state index in [4.69, 9.17) is 4.99 Å². The smallest absolute Gasteiger partial charge is 0.191 e. The number of piperidine rings is 1. The van der Waals surface area contributed by atoms with E-state index in [1.165, 1.54) is 64.5 Å². The number of aliphatic imine (C=N–C) groups is 1. The predicted molar refractivity (Wildman–Crippen MR) is 115 cm³/mol. The van der Waals surface area contributed by atoms with E-state index in [-0.39, 0.29) is 24.0 Å². The van der Waals surface area contributed by atoms with Gasteiger partial charge in [0.2, 0.25) is 0 Å². The van der Waals surface area contributed by atoms with Gasteiger partial charge in [-0.2, -0.15) is 0 Å². The minimum atomic E-state index is 0. The topological polar surface area (TPSA) is 39.7 Å². The summed E-state index contributed by atoms with van der Waals surface area (Å²) in [7, 11) is 2.23. The Morgan fingerprint density at radius 2 is 2.04 bits per heavy atom. The maximum Gasteiger partial charge on any atom is 0.191 e. The number of guanidine groups is 1. The molecule has 1 heterocycles. The fraction of sp³-hybridized carbons (Fsp3) is 0.842. The van der Waals surface area contributed by atoms with Crippen LogP contribution < -0.4 is 10.6 Å². The zero-order chi connectivity index (χ0) is 16.3. The molecule has 2 rings (SSSR count). The van der Waals surface area contributed by atoms with Crippen molar-refractivity contribution >= 4 is 29.9 Å². The molecule has 0 aromatic rings. The molecule has 24 heavy (non-hydrogen) atoms. The molecule has 2 N–H and O–H groups in total. The van der Waals surface area contributed by atoms with Gasteiger partial charge in [0.05, 0.1) is 0 Å². The summed E-state index contributed by atoms with van der Waals surface area (Å²) in [4.78, 5) is 7.21. The second-order valence-corrected chi connectivity index (χ2v) is 7.08. The third-order valence-electron chi connectivity index (χ3n) is 5.11. The molecule has 4 nitrogen and oxygen atoms in total. The van der Waals surface area contributed by atoms with Crippen molar-refractivity contribution in [3.63, 3.8) is 0 Å². The number of halogens is 1. The first-order valence-electron chi connectivity index (χ1n) is 9.66. The highest BCUT2D eigenvalue weighted by atomic mass is 127. The van der Waals surface area contributed by atoms with Crippen LogP contribution in [0.1, 0.15) is 58.3 Å². The quantitative estimate of drug-likeness (QED) is 0.270. The molecular weight excluding hydrogens is 411 g/mol. The van der Waals surface area contributed by atoms with E-state index < -0.39 is 0 Å².